The molecular weight excluding hydrogens is 174 g/mol. The molecule has 76 valence electrons. The predicted octanol–water partition coefficient (Wildman–Crippen LogP) is 2.28. The highest BCUT2D eigenvalue weighted by atomic mass is 16.5. The molecule has 1 aromatic rings. The molecule has 0 bridgehead atoms. The average Bonchev–Trinajstić information content (AvgIpc) is 2.38. The van der Waals surface area contributed by atoms with Crippen molar-refractivity contribution in [1.82, 2.24) is 0 Å². The topological polar surface area (TPSA) is 35.2 Å². The molecular formula is C12H17NO. The van der Waals surface area contributed by atoms with Gasteiger partial charge in [0.25, 0.3) is 0 Å². The minimum Gasteiger partial charge on any atom is -0.497 e. The first-order valence-corrected chi connectivity index (χ1v) is 4.97. The van der Waals surface area contributed by atoms with E-state index < -0.39 is 0 Å². The number of hydrogen-bond donors (Lipinski definition) is 1. The SMILES string of the molecule is COc1ccc2c(c1)C(N)C(C)(C)C2. The zero-order valence-corrected chi connectivity index (χ0v) is 9.00. The average molecular weight is 191 g/mol. The van der Waals surface area contributed by atoms with Crippen LogP contribution >= 0.6 is 0 Å². The number of nitrogens with two attached hydrogens (primary N) is 1. The summed E-state index contributed by atoms with van der Waals surface area (Å²) in [6.45, 7) is 4.42. The highest BCUT2D eigenvalue weighted by Crippen LogP contribution is 2.44. The molecule has 0 spiro atoms. The highest BCUT2D eigenvalue weighted by molar-refractivity contribution is 5.42. The Hall–Kier alpha value is -1.02. The lowest BCUT2D eigenvalue weighted by Crippen LogP contribution is -2.24. The highest BCUT2D eigenvalue weighted by Gasteiger charge is 2.36. The largest absolute Gasteiger partial charge is 0.497 e. The van der Waals surface area contributed by atoms with Crippen molar-refractivity contribution in [2.45, 2.75) is 26.3 Å². The molecule has 0 radical (unpaired) electrons. The molecule has 1 aliphatic carbocycles. The standard InChI is InChI=1S/C12H17NO/c1-12(2)7-8-4-5-9(14-3)6-10(8)11(12)13/h4-6,11H,7,13H2,1-3H3. The van der Waals surface area contributed by atoms with Gasteiger partial charge in [-0.25, -0.2) is 0 Å². The van der Waals surface area contributed by atoms with E-state index in [0.717, 1.165) is 12.2 Å². The molecule has 0 heterocycles. The van der Waals surface area contributed by atoms with Gasteiger partial charge in [-0.2, -0.15) is 0 Å². The summed E-state index contributed by atoms with van der Waals surface area (Å²) in [7, 11) is 1.69. The molecule has 2 rings (SSSR count). The van der Waals surface area contributed by atoms with Crippen molar-refractivity contribution >= 4 is 0 Å². The fraction of sp³-hybridized carbons (Fsp3) is 0.500. The van der Waals surface area contributed by atoms with E-state index in [1.165, 1.54) is 11.1 Å². The predicted molar refractivity (Wildman–Crippen MR) is 57.4 cm³/mol. The molecule has 1 unspecified atom stereocenters. The number of hydrogen-bond acceptors (Lipinski definition) is 2. The van der Waals surface area contributed by atoms with E-state index in [-0.39, 0.29) is 11.5 Å². The smallest absolute Gasteiger partial charge is 0.119 e. The number of ether oxygens (including phenoxy) is 1. The summed E-state index contributed by atoms with van der Waals surface area (Å²) in [4.78, 5) is 0. The van der Waals surface area contributed by atoms with Crippen LogP contribution in [0.3, 0.4) is 0 Å². The second-order valence-electron chi connectivity index (χ2n) is 4.71. The van der Waals surface area contributed by atoms with Gasteiger partial charge in [0.1, 0.15) is 5.75 Å². The quantitative estimate of drug-likeness (QED) is 0.739. The lowest BCUT2D eigenvalue weighted by atomic mass is 9.86. The lowest BCUT2D eigenvalue weighted by molar-refractivity contribution is 0.318. The van der Waals surface area contributed by atoms with Gasteiger partial charge < -0.3 is 10.5 Å². The molecule has 0 aliphatic heterocycles. The third-order valence-corrected chi connectivity index (χ3v) is 3.18. The maximum Gasteiger partial charge on any atom is 0.119 e. The summed E-state index contributed by atoms with van der Waals surface area (Å²) in [5.41, 5.74) is 8.98. The van der Waals surface area contributed by atoms with Gasteiger partial charge in [0.05, 0.1) is 7.11 Å². The first-order chi connectivity index (χ1) is 6.54. The molecule has 2 N–H and O–H groups in total. The van der Waals surface area contributed by atoms with Crippen LogP contribution in [0.4, 0.5) is 0 Å². The van der Waals surface area contributed by atoms with Crippen molar-refractivity contribution < 1.29 is 4.74 Å². The monoisotopic (exact) mass is 191 g/mol. The molecule has 0 saturated carbocycles. The fourth-order valence-corrected chi connectivity index (χ4v) is 2.17. The molecule has 1 aliphatic rings. The third kappa shape index (κ3) is 1.30. The van der Waals surface area contributed by atoms with E-state index in [1.54, 1.807) is 7.11 Å². The van der Waals surface area contributed by atoms with E-state index in [9.17, 15) is 0 Å². The van der Waals surface area contributed by atoms with Gasteiger partial charge in [-0.3, -0.25) is 0 Å². The normalized spacial score (nSPS) is 23.3. The Morgan fingerprint density at radius 2 is 2.14 bits per heavy atom. The first-order valence-electron chi connectivity index (χ1n) is 4.97. The Morgan fingerprint density at radius 3 is 2.79 bits per heavy atom. The summed E-state index contributed by atoms with van der Waals surface area (Å²) in [6, 6.07) is 6.33. The lowest BCUT2D eigenvalue weighted by Gasteiger charge is -2.23. The Balaban J connectivity index is 2.45. The van der Waals surface area contributed by atoms with Crippen LogP contribution in [0.25, 0.3) is 0 Å². The number of rotatable bonds is 1. The van der Waals surface area contributed by atoms with Crippen LogP contribution in [-0.2, 0) is 6.42 Å². The van der Waals surface area contributed by atoms with Crippen molar-refractivity contribution in [3.05, 3.63) is 29.3 Å². The second-order valence-corrected chi connectivity index (χ2v) is 4.71. The Kier molecular flexibility index (Phi) is 2.04. The van der Waals surface area contributed by atoms with Gasteiger partial charge in [-0.05, 0) is 35.1 Å². The summed E-state index contributed by atoms with van der Waals surface area (Å²) < 4.78 is 5.20. The van der Waals surface area contributed by atoms with Crippen LogP contribution in [0.2, 0.25) is 0 Å². The molecule has 2 heteroatoms. The Bertz CT molecular complexity index is 357. The van der Waals surface area contributed by atoms with Crippen LogP contribution in [0.1, 0.15) is 31.0 Å². The Labute approximate surface area is 85.1 Å². The van der Waals surface area contributed by atoms with Gasteiger partial charge in [0, 0.05) is 6.04 Å². The van der Waals surface area contributed by atoms with Crippen molar-refractivity contribution in [1.29, 1.82) is 0 Å². The molecule has 0 fully saturated rings. The second kappa shape index (κ2) is 2.99. The molecule has 14 heavy (non-hydrogen) atoms. The maximum absolute atomic E-state index is 6.19. The van der Waals surface area contributed by atoms with Crippen molar-refractivity contribution in [2.75, 3.05) is 7.11 Å². The summed E-state index contributed by atoms with van der Waals surface area (Å²) in [6.07, 6.45) is 1.06. The van der Waals surface area contributed by atoms with E-state index in [4.69, 9.17) is 10.5 Å². The molecule has 1 aromatic carbocycles. The van der Waals surface area contributed by atoms with Crippen LogP contribution < -0.4 is 10.5 Å². The van der Waals surface area contributed by atoms with Crippen molar-refractivity contribution in [2.24, 2.45) is 11.1 Å². The van der Waals surface area contributed by atoms with Crippen LogP contribution in [0, 0.1) is 5.41 Å². The minimum atomic E-state index is 0.132. The molecule has 0 amide bonds. The minimum absolute atomic E-state index is 0.132. The van der Waals surface area contributed by atoms with Gasteiger partial charge in [-0.15, -0.1) is 0 Å². The van der Waals surface area contributed by atoms with Crippen LogP contribution in [0.15, 0.2) is 18.2 Å². The summed E-state index contributed by atoms with van der Waals surface area (Å²) in [5, 5.41) is 0. The van der Waals surface area contributed by atoms with Gasteiger partial charge in [0.15, 0.2) is 0 Å². The zero-order chi connectivity index (χ0) is 10.3. The molecule has 0 aromatic heterocycles. The first kappa shape index (κ1) is 9.53. The van der Waals surface area contributed by atoms with Crippen LogP contribution in [0.5, 0.6) is 5.75 Å². The summed E-state index contributed by atoms with van der Waals surface area (Å²) in [5.74, 6) is 0.900. The number of benzene rings is 1. The van der Waals surface area contributed by atoms with Crippen molar-refractivity contribution in [3.8, 4) is 5.75 Å². The van der Waals surface area contributed by atoms with E-state index in [1.807, 2.05) is 6.07 Å². The Morgan fingerprint density at radius 1 is 1.43 bits per heavy atom. The van der Waals surface area contributed by atoms with E-state index in [0.29, 0.717) is 0 Å². The van der Waals surface area contributed by atoms with E-state index in [2.05, 4.69) is 26.0 Å². The van der Waals surface area contributed by atoms with Crippen molar-refractivity contribution in [3.63, 3.8) is 0 Å². The summed E-state index contributed by atoms with van der Waals surface area (Å²) >= 11 is 0. The fourth-order valence-electron chi connectivity index (χ4n) is 2.17. The molecule has 1 atom stereocenters. The maximum atomic E-state index is 6.19. The zero-order valence-electron chi connectivity index (χ0n) is 9.00. The third-order valence-electron chi connectivity index (χ3n) is 3.18. The number of methoxy groups -OCH3 is 1. The van der Waals surface area contributed by atoms with Gasteiger partial charge in [0.2, 0.25) is 0 Å². The van der Waals surface area contributed by atoms with Gasteiger partial charge in [-0.1, -0.05) is 19.9 Å². The van der Waals surface area contributed by atoms with Crippen LogP contribution in [-0.4, -0.2) is 7.11 Å². The van der Waals surface area contributed by atoms with Gasteiger partial charge >= 0.3 is 0 Å². The number of fused-ring (bicyclic) bond motifs is 1. The molecule has 0 saturated heterocycles. The molecule has 2 nitrogen and oxygen atoms in total. The van der Waals surface area contributed by atoms with E-state index >= 15 is 0 Å².